The van der Waals surface area contributed by atoms with Gasteiger partial charge in [0.15, 0.2) is 5.78 Å². The third-order valence-electron chi connectivity index (χ3n) is 2.38. The van der Waals surface area contributed by atoms with Crippen LogP contribution in [0.15, 0.2) is 18.2 Å². The molecule has 0 radical (unpaired) electrons. The van der Waals surface area contributed by atoms with Gasteiger partial charge >= 0.3 is 0 Å². The van der Waals surface area contributed by atoms with E-state index in [0.717, 1.165) is 5.56 Å². The van der Waals surface area contributed by atoms with Crippen molar-refractivity contribution in [2.75, 3.05) is 10.5 Å². The molecular formula is C12H17NO3S. The molecule has 0 saturated carbocycles. The summed E-state index contributed by atoms with van der Waals surface area (Å²) >= 11 is 0. The van der Waals surface area contributed by atoms with E-state index in [1.165, 1.54) is 6.92 Å². The summed E-state index contributed by atoms with van der Waals surface area (Å²) in [5.74, 6) is -0.00237. The summed E-state index contributed by atoms with van der Waals surface area (Å²) in [6.07, 6.45) is 0.556. The van der Waals surface area contributed by atoms with Crippen LogP contribution in [0.4, 0.5) is 5.69 Å². The molecule has 0 aromatic heterocycles. The monoisotopic (exact) mass is 255 g/mol. The number of hydrogen-bond donors (Lipinski definition) is 1. The lowest BCUT2D eigenvalue weighted by atomic mass is 10.1. The lowest BCUT2D eigenvalue weighted by Gasteiger charge is -2.10. The molecule has 0 bridgehead atoms. The average Bonchev–Trinajstić information content (AvgIpc) is 2.20. The van der Waals surface area contributed by atoms with E-state index in [-0.39, 0.29) is 11.5 Å². The normalized spacial score (nSPS) is 11.2. The molecule has 1 aromatic rings. The summed E-state index contributed by atoms with van der Waals surface area (Å²) < 4.78 is 25.8. The zero-order valence-corrected chi connectivity index (χ0v) is 11.1. The minimum Gasteiger partial charge on any atom is -0.295 e. The maximum absolute atomic E-state index is 11.6. The van der Waals surface area contributed by atoms with Crippen molar-refractivity contribution >= 4 is 21.5 Å². The molecule has 1 rings (SSSR count). The standard InChI is InChI=1S/C12H17NO3S/c1-4-7-17(15,16)13-12-8-11(10(3)14)6-5-9(12)2/h5-6,8,13H,4,7H2,1-3H3. The third-order valence-corrected chi connectivity index (χ3v) is 3.86. The van der Waals surface area contributed by atoms with Crippen LogP contribution in [0.5, 0.6) is 0 Å². The Morgan fingerprint density at radius 3 is 2.53 bits per heavy atom. The average molecular weight is 255 g/mol. The number of aryl methyl sites for hydroxylation is 1. The second kappa shape index (κ2) is 5.31. The highest BCUT2D eigenvalue weighted by molar-refractivity contribution is 7.92. The molecular weight excluding hydrogens is 238 g/mol. The van der Waals surface area contributed by atoms with Crippen molar-refractivity contribution in [1.29, 1.82) is 0 Å². The number of ketones is 1. The van der Waals surface area contributed by atoms with Crippen LogP contribution in [0.2, 0.25) is 0 Å². The van der Waals surface area contributed by atoms with E-state index in [0.29, 0.717) is 17.7 Å². The van der Waals surface area contributed by atoms with Crippen molar-refractivity contribution in [3.63, 3.8) is 0 Å². The van der Waals surface area contributed by atoms with E-state index < -0.39 is 10.0 Å². The molecule has 1 N–H and O–H groups in total. The smallest absolute Gasteiger partial charge is 0.232 e. The summed E-state index contributed by atoms with van der Waals surface area (Å²) in [7, 11) is -3.31. The summed E-state index contributed by atoms with van der Waals surface area (Å²) in [5.41, 5.74) is 1.78. The first kappa shape index (κ1) is 13.7. The maximum atomic E-state index is 11.6. The second-order valence-corrected chi connectivity index (χ2v) is 5.85. The molecule has 0 aliphatic heterocycles. The molecule has 94 valence electrons. The van der Waals surface area contributed by atoms with Crippen LogP contribution >= 0.6 is 0 Å². The van der Waals surface area contributed by atoms with E-state index in [9.17, 15) is 13.2 Å². The van der Waals surface area contributed by atoms with Gasteiger partial charge in [-0.1, -0.05) is 19.1 Å². The fourth-order valence-corrected chi connectivity index (χ4v) is 2.63. The predicted molar refractivity (Wildman–Crippen MR) is 68.9 cm³/mol. The van der Waals surface area contributed by atoms with Crippen molar-refractivity contribution in [2.24, 2.45) is 0 Å². The molecule has 0 heterocycles. The molecule has 0 spiro atoms. The van der Waals surface area contributed by atoms with E-state index in [2.05, 4.69) is 4.72 Å². The SMILES string of the molecule is CCCS(=O)(=O)Nc1cc(C(C)=O)ccc1C. The molecule has 0 saturated heterocycles. The van der Waals surface area contributed by atoms with E-state index in [4.69, 9.17) is 0 Å². The van der Waals surface area contributed by atoms with Crippen molar-refractivity contribution in [3.8, 4) is 0 Å². The Balaban J connectivity index is 3.06. The number of carbonyl (C=O) groups excluding carboxylic acids is 1. The van der Waals surface area contributed by atoms with Gasteiger partial charge in [-0.25, -0.2) is 8.42 Å². The van der Waals surface area contributed by atoms with Gasteiger partial charge in [-0.05, 0) is 31.9 Å². The van der Waals surface area contributed by atoms with Gasteiger partial charge in [0.25, 0.3) is 0 Å². The molecule has 1 aromatic carbocycles. The summed E-state index contributed by atoms with van der Waals surface area (Å²) in [4.78, 5) is 11.2. The van der Waals surface area contributed by atoms with Crippen molar-refractivity contribution < 1.29 is 13.2 Å². The van der Waals surface area contributed by atoms with E-state index in [1.807, 2.05) is 0 Å². The fourth-order valence-electron chi connectivity index (χ4n) is 1.44. The molecule has 0 atom stereocenters. The number of anilines is 1. The molecule has 4 nitrogen and oxygen atoms in total. The first-order chi connectivity index (χ1) is 7.85. The Morgan fingerprint density at radius 1 is 1.35 bits per heavy atom. The minimum atomic E-state index is -3.31. The number of hydrogen-bond acceptors (Lipinski definition) is 3. The van der Waals surface area contributed by atoms with Gasteiger partial charge in [0.05, 0.1) is 11.4 Å². The summed E-state index contributed by atoms with van der Waals surface area (Å²) in [6, 6.07) is 5.00. The van der Waals surface area contributed by atoms with E-state index >= 15 is 0 Å². The van der Waals surface area contributed by atoms with Gasteiger partial charge in [0.2, 0.25) is 10.0 Å². The molecule has 0 aliphatic rings. The van der Waals surface area contributed by atoms with Crippen molar-refractivity contribution in [2.45, 2.75) is 27.2 Å². The number of rotatable bonds is 5. The van der Waals surface area contributed by atoms with E-state index in [1.54, 1.807) is 32.0 Å². The zero-order chi connectivity index (χ0) is 13.1. The van der Waals surface area contributed by atoms with Crippen LogP contribution in [0.25, 0.3) is 0 Å². The highest BCUT2D eigenvalue weighted by atomic mass is 32.2. The quantitative estimate of drug-likeness (QED) is 0.821. The number of carbonyl (C=O) groups is 1. The lowest BCUT2D eigenvalue weighted by Crippen LogP contribution is -2.17. The largest absolute Gasteiger partial charge is 0.295 e. The Kier molecular flexibility index (Phi) is 4.28. The summed E-state index contributed by atoms with van der Waals surface area (Å²) in [6.45, 7) is 5.06. The Labute approximate surface area is 102 Å². The zero-order valence-electron chi connectivity index (χ0n) is 10.3. The topological polar surface area (TPSA) is 63.2 Å². The first-order valence-electron chi connectivity index (χ1n) is 5.48. The van der Waals surface area contributed by atoms with Gasteiger partial charge in [-0.15, -0.1) is 0 Å². The van der Waals surface area contributed by atoms with Gasteiger partial charge in [-0.3, -0.25) is 9.52 Å². The lowest BCUT2D eigenvalue weighted by molar-refractivity contribution is 0.101. The minimum absolute atomic E-state index is 0.0801. The first-order valence-corrected chi connectivity index (χ1v) is 7.13. The second-order valence-electron chi connectivity index (χ2n) is 4.01. The van der Waals surface area contributed by atoms with Crippen molar-refractivity contribution in [3.05, 3.63) is 29.3 Å². The number of nitrogens with one attached hydrogen (secondary N) is 1. The highest BCUT2D eigenvalue weighted by Gasteiger charge is 2.11. The molecule has 0 fully saturated rings. The molecule has 0 amide bonds. The Bertz CT molecular complexity index is 521. The molecule has 5 heteroatoms. The van der Waals surface area contributed by atoms with Crippen molar-refractivity contribution in [1.82, 2.24) is 0 Å². The van der Waals surface area contributed by atoms with Gasteiger partial charge in [-0.2, -0.15) is 0 Å². The fraction of sp³-hybridized carbons (Fsp3) is 0.417. The Morgan fingerprint density at radius 2 is 2.00 bits per heavy atom. The number of Topliss-reactive ketones (excluding diaryl/α,β-unsaturated/α-hetero) is 1. The van der Waals surface area contributed by atoms with Crippen LogP contribution in [0.1, 0.15) is 36.2 Å². The highest BCUT2D eigenvalue weighted by Crippen LogP contribution is 2.18. The third kappa shape index (κ3) is 3.85. The number of sulfonamides is 1. The Hall–Kier alpha value is -1.36. The van der Waals surface area contributed by atoms with Gasteiger partial charge in [0.1, 0.15) is 0 Å². The van der Waals surface area contributed by atoms with Crippen LogP contribution in [0, 0.1) is 6.92 Å². The van der Waals surface area contributed by atoms with Crippen LogP contribution in [-0.2, 0) is 10.0 Å². The molecule has 17 heavy (non-hydrogen) atoms. The predicted octanol–water partition coefficient (Wildman–Crippen LogP) is 2.35. The summed E-state index contributed by atoms with van der Waals surface area (Å²) in [5, 5.41) is 0. The van der Waals surface area contributed by atoms with Gasteiger partial charge in [0, 0.05) is 5.56 Å². The number of benzene rings is 1. The van der Waals surface area contributed by atoms with Crippen LogP contribution in [0.3, 0.4) is 0 Å². The maximum Gasteiger partial charge on any atom is 0.232 e. The van der Waals surface area contributed by atoms with Gasteiger partial charge < -0.3 is 0 Å². The molecule has 0 aliphatic carbocycles. The van der Waals surface area contributed by atoms with Crippen LogP contribution in [-0.4, -0.2) is 20.0 Å². The van der Waals surface area contributed by atoms with Crippen LogP contribution < -0.4 is 4.72 Å². The molecule has 0 unspecified atom stereocenters.